The van der Waals surface area contributed by atoms with Gasteiger partial charge in [0.25, 0.3) is 5.69 Å². The lowest BCUT2D eigenvalue weighted by Crippen LogP contribution is -2.00. The van der Waals surface area contributed by atoms with Gasteiger partial charge < -0.3 is 5.32 Å². The van der Waals surface area contributed by atoms with Crippen LogP contribution < -0.4 is 5.32 Å². The van der Waals surface area contributed by atoms with Gasteiger partial charge in [0, 0.05) is 6.07 Å². The van der Waals surface area contributed by atoms with E-state index in [2.05, 4.69) is 10.3 Å². The quantitative estimate of drug-likeness (QED) is 0.529. The monoisotopic (exact) mass is 299 g/mol. The highest BCUT2D eigenvalue weighted by Crippen LogP contribution is 2.26. The fourth-order valence-electron chi connectivity index (χ4n) is 1.53. The maximum atomic E-state index is 13.7. The van der Waals surface area contributed by atoms with Crippen LogP contribution in [0.3, 0.4) is 0 Å². The Hall–Kier alpha value is -2.28. The zero-order valence-corrected chi connectivity index (χ0v) is 10.9. The molecule has 0 spiro atoms. The van der Waals surface area contributed by atoms with Crippen molar-refractivity contribution in [2.45, 2.75) is 6.92 Å². The normalized spacial score (nSPS) is 10.4. The van der Waals surface area contributed by atoms with Gasteiger partial charge in [-0.3, -0.25) is 10.1 Å². The topological polar surface area (TPSA) is 68.1 Å². The molecular weight excluding hydrogens is 292 g/mol. The van der Waals surface area contributed by atoms with E-state index in [1.807, 2.05) is 0 Å². The average molecular weight is 300 g/mol. The lowest BCUT2D eigenvalue weighted by atomic mass is 10.2. The summed E-state index contributed by atoms with van der Waals surface area (Å²) >= 11 is 5.63. The SMILES string of the molecule is Cc1cc(F)c(Nc2cc([N+](=O)[O-])cc(Cl)n2)cc1F. The van der Waals surface area contributed by atoms with Gasteiger partial charge in [-0.2, -0.15) is 0 Å². The van der Waals surface area contributed by atoms with Crippen molar-refractivity contribution in [3.8, 4) is 0 Å². The van der Waals surface area contributed by atoms with E-state index in [0.717, 1.165) is 24.3 Å². The molecule has 2 aromatic rings. The first kappa shape index (κ1) is 14.1. The molecule has 0 aliphatic rings. The molecule has 0 radical (unpaired) electrons. The Balaban J connectivity index is 2.40. The third-order valence-corrected chi connectivity index (χ3v) is 2.69. The summed E-state index contributed by atoms with van der Waals surface area (Å²) in [4.78, 5) is 13.8. The number of halogens is 3. The summed E-state index contributed by atoms with van der Waals surface area (Å²) in [6.45, 7) is 1.42. The lowest BCUT2D eigenvalue weighted by molar-refractivity contribution is -0.384. The van der Waals surface area contributed by atoms with Gasteiger partial charge in [0.1, 0.15) is 22.6 Å². The number of aromatic nitrogens is 1. The minimum atomic E-state index is -0.701. The van der Waals surface area contributed by atoms with E-state index < -0.39 is 16.6 Å². The van der Waals surface area contributed by atoms with Crippen LogP contribution >= 0.6 is 11.6 Å². The van der Waals surface area contributed by atoms with Crippen LogP contribution in [0, 0.1) is 28.7 Å². The largest absolute Gasteiger partial charge is 0.338 e. The van der Waals surface area contributed by atoms with Crippen LogP contribution in [0.4, 0.5) is 26.0 Å². The second-order valence-electron chi connectivity index (χ2n) is 4.00. The number of benzene rings is 1. The maximum Gasteiger partial charge on any atom is 0.276 e. The van der Waals surface area contributed by atoms with Crippen LogP contribution in [0.5, 0.6) is 0 Å². The highest BCUT2D eigenvalue weighted by atomic mass is 35.5. The molecule has 1 N–H and O–H groups in total. The number of aryl methyl sites for hydroxylation is 1. The molecule has 104 valence electrons. The molecule has 8 heteroatoms. The molecule has 0 bridgehead atoms. The number of nitrogens with one attached hydrogen (secondary N) is 1. The van der Waals surface area contributed by atoms with Crippen molar-refractivity contribution >= 4 is 28.8 Å². The standard InChI is InChI=1S/C12H8ClF2N3O2/c1-6-2-9(15)10(5-8(6)14)16-12-4-7(18(19)20)3-11(13)17-12/h2-5H,1H3,(H,16,17). The second-order valence-corrected chi connectivity index (χ2v) is 4.38. The summed E-state index contributed by atoms with van der Waals surface area (Å²) in [7, 11) is 0. The van der Waals surface area contributed by atoms with Gasteiger partial charge in [0.05, 0.1) is 22.7 Å². The van der Waals surface area contributed by atoms with Crippen molar-refractivity contribution in [2.24, 2.45) is 0 Å². The third kappa shape index (κ3) is 3.00. The Kier molecular flexibility index (Phi) is 3.80. The summed E-state index contributed by atoms with van der Waals surface area (Å²) < 4.78 is 27.0. The van der Waals surface area contributed by atoms with Gasteiger partial charge in [-0.1, -0.05) is 11.6 Å². The van der Waals surface area contributed by atoms with Crippen molar-refractivity contribution in [3.63, 3.8) is 0 Å². The van der Waals surface area contributed by atoms with Gasteiger partial charge in [-0.15, -0.1) is 0 Å². The predicted molar refractivity (Wildman–Crippen MR) is 70.3 cm³/mol. The predicted octanol–water partition coefficient (Wildman–Crippen LogP) is 3.97. The van der Waals surface area contributed by atoms with Gasteiger partial charge >= 0.3 is 0 Å². The lowest BCUT2D eigenvalue weighted by Gasteiger charge is -2.08. The molecule has 0 unspecified atom stereocenters. The van der Waals surface area contributed by atoms with Crippen LogP contribution in [-0.4, -0.2) is 9.91 Å². The van der Waals surface area contributed by atoms with E-state index in [-0.39, 0.29) is 27.9 Å². The van der Waals surface area contributed by atoms with E-state index in [1.54, 1.807) is 0 Å². The van der Waals surface area contributed by atoms with E-state index in [9.17, 15) is 18.9 Å². The van der Waals surface area contributed by atoms with Gasteiger partial charge in [-0.05, 0) is 18.6 Å². The summed E-state index contributed by atoms with van der Waals surface area (Å²) in [5, 5.41) is 13.0. The maximum absolute atomic E-state index is 13.7. The zero-order chi connectivity index (χ0) is 14.9. The molecule has 1 aromatic carbocycles. The highest BCUT2D eigenvalue weighted by molar-refractivity contribution is 6.29. The molecular formula is C12H8ClF2N3O2. The van der Waals surface area contributed by atoms with Crippen molar-refractivity contribution in [3.05, 3.63) is 56.7 Å². The average Bonchev–Trinajstić information content (AvgIpc) is 2.35. The molecule has 0 aliphatic carbocycles. The van der Waals surface area contributed by atoms with Crippen molar-refractivity contribution in [2.75, 3.05) is 5.32 Å². The van der Waals surface area contributed by atoms with E-state index in [4.69, 9.17) is 11.6 Å². The van der Waals surface area contributed by atoms with E-state index in [0.29, 0.717) is 0 Å². The number of hydrogen-bond acceptors (Lipinski definition) is 4. The first-order chi connectivity index (χ1) is 9.36. The highest BCUT2D eigenvalue weighted by Gasteiger charge is 2.13. The van der Waals surface area contributed by atoms with Crippen LogP contribution in [0.1, 0.15) is 5.56 Å². The number of nitro groups is 1. The molecule has 2 rings (SSSR count). The zero-order valence-electron chi connectivity index (χ0n) is 10.2. The first-order valence-corrected chi connectivity index (χ1v) is 5.79. The minimum absolute atomic E-state index is 0.0497. The Labute approximate surface area is 117 Å². The molecule has 0 aliphatic heterocycles. The number of anilines is 2. The molecule has 0 atom stereocenters. The van der Waals surface area contributed by atoms with Crippen LogP contribution in [0.2, 0.25) is 5.15 Å². The third-order valence-electron chi connectivity index (χ3n) is 2.50. The molecule has 0 fully saturated rings. The van der Waals surface area contributed by atoms with Crippen LogP contribution in [0.25, 0.3) is 0 Å². The summed E-state index contributed by atoms with van der Waals surface area (Å²) in [6.07, 6.45) is 0. The Bertz CT molecular complexity index is 695. The molecule has 0 saturated carbocycles. The second kappa shape index (κ2) is 5.38. The van der Waals surface area contributed by atoms with Crippen molar-refractivity contribution in [1.82, 2.24) is 4.98 Å². The molecule has 1 heterocycles. The van der Waals surface area contributed by atoms with Crippen molar-refractivity contribution in [1.29, 1.82) is 0 Å². The summed E-state index contributed by atoms with van der Waals surface area (Å²) in [6, 6.07) is 4.08. The summed E-state index contributed by atoms with van der Waals surface area (Å²) in [5.74, 6) is -1.36. The van der Waals surface area contributed by atoms with Gasteiger partial charge in [-0.25, -0.2) is 13.8 Å². The Morgan fingerprint density at radius 3 is 2.60 bits per heavy atom. The number of rotatable bonds is 3. The fourth-order valence-corrected chi connectivity index (χ4v) is 1.74. The van der Waals surface area contributed by atoms with Gasteiger partial charge in [0.15, 0.2) is 0 Å². The summed E-state index contributed by atoms with van der Waals surface area (Å²) in [5.41, 5.74) is -0.337. The molecule has 1 aromatic heterocycles. The smallest absolute Gasteiger partial charge is 0.276 e. The molecule has 20 heavy (non-hydrogen) atoms. The molecule has 5 nitrogen and oxygen atoms in total. The number of nitrogens with zero attached hydrogens (tertiary/aromatic N) is 2. The van der Waals surface area contributed by atoms with Crippen LogP contribution in [-0.2, 0) is 0 Å². The van der Waals surface area contributed by atoms with E-state index in [1.165, 1.54) is 6.92 Å². The van der Waals surface area contributed by atoms with Gasteiger partial charge in [0.2, 0.25) is 0 Å². The number of hydrogen-bond donors (Lipinski definition) is 1. The molecule has 0 amide bonds. The van der Waals surface area contributed by atoms with E-state index >= 15 is 0 Å². The van der Waals surface area contributed by atoms with Crippen molar-refractivity contribution < 1.29 is 13.7 Å². The molecule has 0 saturated heterocycles. The first-order valence-electron chi connectivity index (χ1n) is 5.41. The minimum Gasteiger partial charge on any atom is -0.338 e. The van der Waals surface area contributed by atoms with Crippen LogP contribution in [0.15, 0.2) is 24.3 Å². The number of pyridine rings is 1. The fraction of sp³-hybridized carbons (Fsp3) is 0.0833. The Morgan fingerprint density at radius 1 is 1.25 bits per heavy atom. The Morgan fingerprint density at radius 2 is 1.95 bits per heavy atom.